The SMILES string of the molecule is Cl.c1ccc(OCC2(c3ccccc3)CCCNCO2)cc1. The van der Waals surface area contributed by atoms with Crippen molar-refractivity contribution in [2.75, 3.05) is 19.9 Å². The first-order valence-electron chi connectivity index (χ1n) is 7.47. The molecule has 1 aliphatic rings. The van der Waals surface area contributed by atoms with Crippen molar-refractivity contribution in [1.82, 2.24) is 5.32 Å². The highest BCUT2D eigenvalue weighted by Crippen LogP contribution is 2.32. The molecule has 1 aliphatic heterocycles. The second kappa shape index (κ2) is 8.18. The van der Waals surface area contributed by atoms with Gasteiger partial charge in [0.1, 0.15) is 18.0 Å². The Balaban J connectivity index is 0.00000176. The zero-order valence-electron chi connectivity index (χ0n) is 12.5. The van der Waals surface area contributed by atoms with E-state index >= 15 is 0 Å². The molecule has 0 aliphatic carbocycles. The third-order valence-corrected chi connectivity index (χ3v) is 3.90. The Bertz CT molecular complexity index is 540. The number of para-hydroxylation sites is 1. The van der Waals surface area contributed by atoms with Crippen LogP contribution in [0.25, 0.3) is 0 Å². The van der Waals surface area contributed by atoms with Crippen molar-refractivity contribution in [3.8, 4) is 5.75 Å². The first-order chi connectivity index (χ1) is 10.4. The third kappa shape index (κ3) is 4.01. The van der Waals surface area contributed by atoms with Crippen LogP contribution in [0.2, 0.25) is 0 Å². The summed E-state index contributed by atoms with van der Waals surface area (Å²) < 4.78 is 12.2. The normalized spacial score (nSPS) is 21.5. The zero-order chi connectivity index (χ0) is 14.4. The van der Waals surface area contributed by atoms with Gasteiger partial charge < -0.3 is 9.47 Å². The van der Waals surface area contributed by atoms with Gasteiger partial charge in [0.2, 0.25) is 0 Å². The van der Waals surface area contributed by atoms with Gasteiger partial charge in [0.15, 0.2) is 0 Å². The molecule has 3 nitrogen and oxygen atoms in total. The maximum atomic E-state index is 6.16. The monoisotopic (exact) mass is 319 g/mol. The summed E-state index contributed by atoms with van der Waals surface area (Å²) in [6.07, 6.45) is 2.03. The second-order valence-corrected chi connectivity index (χ2v) is 5.35. The fourth-order valence-electron chi connectivity index (χ4n) is 2.72. The van der Waals surface area contributed by atoms with Gasteiger partial charge in [-0.1, -0.05) is 48.5 Å². The van der Waals surface area contributed by atoms with Gasteiger partial charge in [-0.3, -0.25) is 5.32 Å². The summed E-state index contributed by atoms with van der Waals surface area (Å²) in [5, 5.41) is 3.29. The molecule has 4 heteroatoms. The number of hydrogen-bond donors (Lipinski definition) is 1. The lowest BCUT2D eigenvalue weighted by Gasteiger charge is -2.32. The quantitative estimate of drug-likeness (QED) is 0.931. The molecular formula is C18H22ClNO2. The number of nitrogens with one attached hydrogen (secondary N) is 1. The van der Waals surface area contributed by atoms with Crippen molar-refractivity contribution >= 4 is 12.4 Å². The minimum Gasteiger partial charge on any atom is -0.490 e. The predicted molar refractivity (Wildman–Crippen MR) is 90.5 cm³/mol. The van der Waals surface area contributed by atoms with E-state index in [0.29, 0.717) is 13.3 Å². The molecule has 1 heterocycles. The number of rotatable bonds is 4. The van der Waals surface area contributed by atoms with Crippen molar-refractivity contribution in [2.24, 2.45) is 0 Å². The summed E-state index contributed by atoms with van der Waals surface area (Å²) in [5.74, 6) is 0.883. The molecule has 22 heavy (non-hydrogen) atoms. The van der Waals surface area contributed by atoms with Crippen LogP contribution in [0.3, 0.4) is 0 Å². The van der Waals surface area contributed by atoms with Crippen molar-refractivity contribution < 1.29 is 9.47 Å². The zero-order valence-corrected chi connectivity index (χ0v) is 13.4. The summed E-state index contributed by atoms with van der Waals surface area (Å²) in [5.41, 5.74) is 0.810. The van der Waals surface area contributed by atoms with E-state index in [-0.39, 0.29) is 18.0 Å². The van der Waals surface area contributed by atoms with Gasteiger partial charge in [0.25, 0.3) is 0 Å². The molecule has 1 saturated heterocycles. The van der Waals surface area contributed by atoms with Crippen LogP contribution in [0.4, 0.5) is 0 Å². The van der Waals surface area contributed by atoms with E-state index in [9.17, 15) is 0 Å². The molecule has 2 aromatic carbocycles. The summed E-state index contributed by atoms with van der Waals surface area (Å²) in [6, 6.07) is 20.3. The van der Waals surface area contributed by atoms with Gasteiger partial charge in [-0.2, -0.15) is 0 Å². The van der Waals surface area contributed by atoms with Gasteiger partial charge in [-0.25, -0.2) is 0 Å². The van der Waals surface area contributed by atoms with Crippen molar-refractivity contribution in [3.63, 3.8) is 0 Å². The van der Waals surface area contributed by atoms with E-state index in [1.165, 1.54) is 5.56 Å². The molecule has 0 amide bonds. The first-order valence-corrected chi connectivity index (χ1v) is 7.47. The van der Waals surface area contributed by atoms with Crippen LogP contribution in [0.15, 0.2) is 60.7 Å². The average molecular weight is 320 g/mol. The van der Waals surface area contributed by atoms with Gasteiger partial charge in [0.05, 0.1) is 6.73 Å². The summed E-state index contributed by atoms with van der Waals surface area (Å²) in [7, 11) is 0. The smallest absolute Gasteiger partial charge is 0.129 e. The van der Waals surface area contributed by atoms with Crippen LogP contribution in [-0.2, 0) is 10.3 Å². The molecule has 0 aromatic heterocycles. The largest absolute Gasteiger partial charge is 0.490 e. The van der Waals surface area contributed by atoms with E-state index in [4.69, 9.17) is 9.47 Å². The Morgan fingerprint density at radius 3 is 2.41 bits per heavy atom. The van der Waals surface area contributed by atoms with Gasteiger partial charge in [-0.15, -0.1) is 12.4 Å². The minimum absolute atomic E-state index is 0. The average Bonchev–Trinajstić information content (AvgIpc) is 2.81. The molecule has 0 radical (unpaired) electrons. The maximum absolute atomic E-state index is 6.16. The number of halogens is 1. The summed E-state index contributed by atoms with van der Waals surface area (Å²) >= 11 is 0. The lowest BCUT2D eigenvalue weighted by atomic mass is 9.89. The van der Waals surface area contributed by atoms with Gasteiger partial charge >= 0.3 is 0 Å². The minimum atomic E-state index is -0.374. The first kappa shape index (κ1) is 16.8. The van der Waals surface area contributed by atoms with Crippen LogP contribution in [0.1, 0.15) is 18.4 Å². The van der Waals surface area contributed by atoms with E-state index in [0.717, 1.165) is 25.1 Å². The molecule has 2 aromatic rings. The molecule has 1 atom stereocenters. The lowest BCUT2D eigenvalue weighted by Crippen LogP contribution is -2.37. The Morgan fingerprint density at radius 1 is 1.00 bits per heavy atom. The molecule has 1 fully saturated rings. The Hall–Kier alpha value is -1.55. The Labute approximate surface area is 138 Å². The standard InChI is InChI=1S/C18H21NO2.ClH/c1-3-8-16(9-4-1)18(12-7-13-19-15-21-18)14-20-17-10-5-2-6-11-17;/h1-6,8-11,19H,7,12-15H2;1H. The second-order valence-electron chi connectivity index (χ2n) is 5.35. The molecule has 3 rings (SSSR count). The van der Waals surface area contributed by atoms with Crippen LogP contribution < -0.4 is 10.1 Å². The Morgan fingerprint density at radius 2 is 1.68 bits per heavy atom. The Kier molecular flexibility index (Phi) is 6.25. The van der Waals surface area contributed by atoms with Gasteiger partial charge in [0, 0.05) is 0 Å². The molecule has 0 saturated carbocycles. The molecule has 1 unspecified atom stereocenters. The molecule has 0 spiro atoms. The van der Waals surface area contributed by atoms with Crippen LogP contribution in [0.5, 0.6) is 5.75 Å². The highest BCUT2D eigenvalue weighted by molar-refractivity contribution is 5.85. The van der Waals surface area contributed by atoms with E-state index in [1.54, 1.807) is 0 Å². The molecule has 118 valence electrons. The number of ether oxygens (including phenoxy) is 2. The number of hydrogen-bond acceptors (Lipinski definition) is 3. The maximum Gasteiger partial charge on any atom is 0.129 e. The van der Waals surface area contributed by atoms with E-state index in [2.05, 4.69) is 29.6 Å². The van der Waals surface area contributed by atoms with Gasteiger partial charge in [-0.05, 0) is 37.1 Å². The highest BCUT2D eigenvalue weighted by atomic mass is 35.5. The molecule has 1 N–H and O–H groups in total. The van der Waals surface area contributed by atoms with Crippen LogP contribution in [-0.4, -0.2) is 19.9 Å². The fourth-order valence-corrected chi connectivity index (χ4v) is 2.72. The number of benzene rings is 2. The predicted octanol–water partition coefficient (Wildman–Crippen LogP) is 3.74. The fraction of sp³-hybridized carbons (Fsp3) is 0.333. The summed E-state index contributed by atoms with van der Waals surface area (Å²) in [4.78, 5) is 0. The van der Waals surface area contributed by atoms with E-state index in [1.807, 2.05) is 36.4 Å². The van der Waals surface area contributed by atoms with Crippen LogP contribution >= 0.6 is 12.4 Å². The lowest BCUT2D eigenvalue weighted by molar-refractivity contribution is -0.0812. The molecular weight excluding hydrogens is 298 g/mol. The topological polar surface area (TPSA) is 30.5 Å². The third-order valence-electron chi connectivity index (χ3n) is 3.90. The molecule has 0 bridgehead atoms. The van der Waals surface area contributed by atoms with Crippen LogP contribution in [0, 0.1) is 0 Å². The highest BCUT2D eigenvalue weighted by Gasteiger charge is 2.35. The van der Waals surface area contributed by atoms with Crippen molar-refractivity contribution in [2.45, 2.75) is 18.4 Å². The van der Waals surface area contributed by atoms with Crippen molar-refractivity contribution in [3.05, 3.63) is 66.2 Å². The van der Waals surface area contributed by atoms with Crippen molar-refractivity contribution in [1.29, 1.82) is 0 Å². The summed E-state index contributed by atoms with van der Waals surface area (Å²) in [6.45, 7) is 2.08. The van der Waals surface area contributed by atoms with E-state index < -0.39 is 0 Å².